The van der Waals surface area contributed by atoms with E-state index in [4.69, 9.17) is 4.74 Å². The minimum atomic E-state index is -4.86. The van der Waals surface area contributed by atoms with E-state index >= 15 is 0 Å². The Balaban J connectivity index is 1.58. The Labute approximate surface area is 202 Å². The molecule has 0 radical (unpaired) electrons. The highest BCUT2D eigenvalue weighted by atomic mass is 19.4. The maximum atomic E-state index is 13.1. The van der Waals surface area contributed by atoms with E-state index in [1.165, 1.54) is 36.0 Å². The van der Waals surface area contributed by atoms with E-state index in [1.807, 2.05) is 0 Å². The summed E-state index contributed by atoms with van der Waals surface area (Å²) in [5, 5.41) is 13.2. The molecule has 0 aliphatic heterocycles. The molecule has 2 N–H and O–H groups in total. The molecule has 0 aliphatic rings. The second-order valence-corrected chi connectivity index (χ2v) is 7.52. The van der Waals surface area contributed by atoms with Crippen LogP contribution in [-0.2, 0) is 6.54 Å². The van der Waals surface area contributed by atoms with Gasteiger partial charge < -0.3 is 14.6 Å². The number of hydrogen-bond donors (Lipinski definition) is 2. The van der Waals surface area contributed by atoms with Crippen LogP contribution in [0, 0.1) is 6.92 Å². The highest BCUT2D eigenvalue weighted by Gasteiger charge is 2.31. The topological polar surface area (TPSA) is 108 Å². The van der Waals surface area contributed by atoms with Crippen molar-refractivity contribution >= 4 is 11.8 Å². The number of rotatable bonds is 6. The smallest absolute Gasteiger partial charge is 0.493 e. The van der Waals surface area contributed by atoms with Crippen LogP contribution in [0.1, 0.15) is 11.3 Å². The number of aromatic hydroxyl groups is 1. The van der Waals surface area contributed by atoms with Crippen LogP contribution in [0.25, 0.3) is 5.69 Å². The molecule has 9 nitrogen and oxygen atoms in total. The van der Waals surface area contributed by atoms with E-state index in [2.05, 4.69) is 15.0 Å². The van der Waals surface area contributed by atoms with Crippen molar-refractivity contribution in [2.75, 3.05) is 5.32 Å². The molecule has 0 aliphatic carbocycles. The first kappa shape index (κ1) is 24.4. The van der Waals surface area contributed by atoms with Crippen LogP contribution in [-0.4, -0.2) is 31.7 Å². The van der Waals surface area contributed by atoms with Gasteiger partial charge in [0.1, 0.15) is 11.5 Å². The number of carbonyl (C=O) groups is 1. The van der Waals surface area contributed by atoms with Crippen LogP contribution in [0.3, 0.4) is 0 Å². The van der Waals surface area contributed by atoms with Gasteiger partial charge in [-0.05, 0) is 55.0 Å². The van der Waals surface area contributed by atoms with Gasteiger partial charge in [-0.25, -0.2) is 14.2 Å². The number of benzene rings is 2. The minimum absolute atomic E-state index is 0.0516. The Morgan fingerprint density at radius 2 is 1.75 bits per heavy atom. The first-order chi connectivity index (χ1) is 17.1. The van der Waals surface area contributed by atoms with Gasteiger partial charge in [0.2, 0.25) is 5.88 Å². The maximum Gasteiger partial charge on any atom is 0.573 e. The Morgan fingerprint density at radius 1 is 1.06 bits per heavy atom. The molecule has 0 unspecified atom stereocenters. The summed E-state index contributed by atoms with van der Waals surface area (Å²) in [4.78, 5) is 29.4. The van der Waals surface area contributed by atoms with Crippen molar-refractivity contribution in [2.45, 2.75) is 19.8 Å². The zero-order valence-electron chi connectivity index (χ0n) is 18.7. The summed E-state index contributed by atoms with van der Waals surface area (Å²) in [7, 11) is 0. The van der Waals surface area contributed by atoms with Crippen molar-refractivity contribution in [2.24, 2.45) is 0 Å². The SMILES string of the molecule is Cc1c(O)n(-c2ccc(OC(F)(F)F)cc2)c(=O)n1Cc1ccncc1NC(=O)Oc1ccccc1. The van der Waals surface area contributed by atoms with Crippen molar-refractivity contribution in [3.8, 4) is 23.1 Å². The van der Waals surface area contributed by atoms with Gasteiger partial charge in [-0.1, -0.05) is 18.2 Å². The summed E-state index contributed by atoms with van der Waals surface area (Å²) < 4.78 is 48.5. The third-order valence-electron chi connectivity index (χ3n) is 5.12. The predicted molar refractivity (Wildman–Crippen MR) is 123 cm³/mol. The fraction of sp³-hybridized carbons (Fsp3) is 0.125. The third kappa shape index (κ3) is 5.49. The number of nitrogens with one attached hydrogen (secondary N) is 1. The Hall–Kier alpha value is -4.74. The summed E-state index contributed by atoms with van der Waals surface area (Å²) in [6.45, 7) is 1.45. The van der Waals surface area contributed by atoms with Gasteiger partial charge in [0, 0.05) is 6.20 Å². The number of halogens is 3. The fourth-order valence-electron chi connectivity index (χ4n) is 3.43. The highest BCUT2D eigenvalue weighted by molar-refractivity contribution is 5.87. The first-order valence-corrected chi connectivity index (χ1v) is 10.5. The first-order valence-electron chi connectivity index (χ1n) is 10.5. The molecule has 2 aromatic carbocycles. The van der Waals surface area contributed by atoms with Crippen LogP contribution < -0.4 is 20.5 Å². The molecule has 0 bridgehead atoms. The summed E-state index contributed by atoms with van der Waals surface area (Å²) >= 11 is 0. The van der Waals surface area contributed by atoms with Crippen LogP contribution in [0.15, 0.2) is 77.9 Å². The van der Waals surface area contributed by atoms with Gasteiger partial charge >= 0.3 is 18.1 Å². The second-order valence-electron chi connectivity index (χ2n) is 7.52. The van der Waals surface area contributed by atoms with Crippen LogP contribution >= 0.6 is 0 Å². The van der Waals surface area contributed by atoms with Crippen molar-refractivity contribution in [3.63, 3.8) is 0 Å². The number of hydrogen-bond acceptors (Lipinski definition) is 6. The average molecular weight is 500 g/mol. The number of alkyl halides is 3. The van der Waals surface area contributed by atoms with Gasteiger partial charge in [0.25, 0.3) is 0 Å². The molecule has 4 rings (SSSR count). The summed E-state index contributed by atoms with van der Waals surface area (Å²) in [5.41, 5.74) is 0.458. The molecule has 186 valence electrons. The summed E-state index contributed by atoms with van der Waals surface area (Å²) in [6.07, 6.45) is -2.76. The number of nitrogens with zero attached hydrogens (tertiary/aromatic N) is 3. The quantitative estimate of drug-likeness (QED) is 0.401. The molecule has 0 fully saturated rings. The molecule has 4 aromatic rings. The predicted octanol–water partition coefficient (Wildman–Crippen LogP) is 4.61. The number of amides is 1. The fourth-order valence-corrected chi connectivity index (χ4v) is 3.43. The largest absolute Gasteiger partial charge is 0.573 e. The van der Waals surface area contributed by atoms with Crippen LogP contribution in [0.4, 0.5) is 23.7 Å². The van der Waals surface area contributed by atoms with Gasteiger partial charge in [-0.15, -0.1) is 13.2 Å². The van der Waals surface area contributed by atoms with Crippen LogP contribution in [0.2, 0.25) is 0 Å². The van der Waals surface area contributed by atoms with E-state index in [0.29, 0.717) is 11.3 Å². The Bertz CT molecular complexity index is 1430. The Kier molecular flexibility index (Phi) is 6.68. The monoisotopic (exact) mass is 500 g/mol. The number of para-hydroxylation sites is 1. The minimum Gasteiger partial charge on any atom is -0.493 e. The van der Waals surface area contributed by atoms with E-state index in [-0.39, 0.29) is 23.6 Å². The lowest BCUT2D eigenvalue weighted by molar-refractivity contribution is -0.274. The third-order valence-corrected chi connectivity index (χ3v) is 5.12. The molecule has 0 saturated carbocycles. The van der Waals surface area contributed by atoms with Crippen molar-refractivity contribution in [1.82, 2.24) is 14.1 Å². The lowest BCUT2D eigenvalue weighted by Crippen LogP contribution is -2.25. The van der Waals surface area contributed by atoms with Crippen LogP contribution in [0.5, 0.6) is 17.4 Å². The van der Waals surface area contributed by atoms with E-state index < -0.39 is 29.8 Å². The zero-order chi connectivity index (χ0) is 25.9. The number of aromatic nitrogens is 3. The number of carbonyl (C=O) groups excluding carboxylic acids is 1. The number of imidazole rings is 1. The maximum absolute atomic E-state index is 13.1. The van der Waals surface area contributed by atoms with Crippen molar-refractivity contribution < 1.29 is 32.5 Å². The van der Waals surface area contributed by atoms with Gasteiger partial charge in [0.15, 0.2) is 0 Å². The van der Waals surface area contributed by atoms with Crippen molar-refractivity contribution in [3.05, 3.63) is 94.8 Å². The van der Waals surface area contributed by atoms with E-state index in [1.54, 1.807) is 36.4 Å². The lowest BCUT2D eigenvalue weighted by atomic mass is 10.2. The molecular weight excluding hydrogens is 481 g/mol. The van der Waals surface area contributed by atoms with E-state index in [9.17, 15) is 27.9 Å². The highest BCUT2D eigenvalue weighted by Crippen LogP contribution is 2.26. The average Bonchev–Trinajstić information content (AvgIpc) is 3.03. The summed E-state index contributed by atoms with van der Waals surface area (Å²) in [6, 6.07) is 14.5. The van der Waals surface area contributed by atoms with Gasteiger partial charge in [-0.2, -0.15) is 0 Å². The molecule has 1 amide bonds. The molecule has 12 heteroatoms. The Morgan fingerprint density at radius 3 is 2.42 bits per heavy atom. The normalized spacial score (nSPS) is 11.2. The van der Waals surface area contributed by atoms with E-state index in [0.717, 1.165) is 16.7 Å². The molecule has 2 heterocycles. The van der Waals surface area contributed by atoms with Crippen molar-refractivity contribution in [1.29, 1.82) is 0 Å². The zero-order valence-corrected chi connectivity index (χ0v) is 18.7. The standard InChI is InChI=1S/C24H19F3N4O5/c1-15-21(32)31(17-7-9-19(10-8-17)36-24(25,26)27)23(34)30(15)14-16-11-12-28-13-20(16)29-22(33)35-18-5-3-2-4-6-18/h2-13,32H,14H2,1H3,(H,29,33). The van der Waals surface area contributed by atoms with Gasteiger partial charge in [0.05, 0.1) is 29.8 Å². The molecule has 2 aromatic heterocycles. The molecule has 0 atom stereocenters. The van der Waals surface area contributed by atoms with Gasteiger partial charge in [-0.3, -0.25) is 14.9 Å². The second kappa shape index (κ2) is 9.86. The lowest BCUT2D eigenvalue weighted by Gasteiger charge is -2.12. The summed E-state index contributed by atoms with van der Waals surface area (Å²) in [5.74, 6) is -0.525. The molecular formula is C24H19F3N4O5. The number of pyridine rings is 1. The number of ether oxygens (including phenoxy) is 2. The molecule has 0 spiro atoms. The number of anilines is 1. The molecule has 36 heavy (non-hydrogen) atoms. The molecule has 0 saturated heterocycles.